The average molecular weight is 332 g/mol. The zero-order chi connectivity index (χ0) is 11.1. The first kappa shape index (κ1) is 10.7. The molecule has 0 aromatic carbocycles. The van der Waals surface area contributed by atoms with Crippen molar-refractivity contribution in [2.24, 2.45) is 11.7 Å². The summed E-state index contributed by atoms with van der Waals surface area (Å²) in [5, 5.41) is 3.25. The summed E-state index contributed by atoms with van der Waals surface area (Å²) >= 11 is 2.18. The summed E-state index contributed by atoms with van der Waals surface area (Å²) in [6, 6.07) is 0.322. The number of aromatic nitrogens is 2. The fourth-order valence-electron chi connectivity index (χ4n) is 2.46. The van der Waals surface area contributed by atoms with Crippen LogP contribution in [0.1, 0.15) is 6.42 Å². The molecule has 16 heavy (non-hydrogen) atoms. The summed E-state index contributed by atoms with van der Waals surface area (Å²) in [6.07, 6.45) is 4.90. The van der Waals surface area contributed by atoms with Gasteiger partial charge < -0.3 is 15.8 Å². The Morgan fingerprint density at radius 2 is 2.19 bits per heavy atom. The van der Waals surface area contributed by atoms with Gasteiger partial charge in [0.05, 0.1) is 12.1 Å². The van der Waals surface area contributed by atoms with E-state index in [1.807, 2.05) is 0 Å². The number of nitrogens with one attached hydrogen (secondary N) is 1. The minimum atomic E-state index is 0.160. The van der Waals surface area contributed by atoms with Crippen LogP contribution in [0.25, 0.3) is 0 Å². The van der Waals surface area contributed by atoms with Crippen LogP contribution in [0.2, 0.25) is 0 Å². The second-order valence-corrected chi connectivity index (χ2v) is 5.51. The summed E-state index contributed by atoms with van der Waals surface area (Å²) in [5.41, 5.74) is 6.09. The number of nitrogens with zero attached hydrogens (tertiary/aromatic N) is 2. The normalized spacial score (nSPS) is 36.6. The van der Waals surface area contributed by atoms with Crippen molar-refractivity contribution in [1.29, 1.82) is 0 Å². The van der Waals surface area contributed by atoms with Crippen LogP contribution in [-0.4, -0.2) is 34.8 Å². The Bertz CT molecular complexity index is 385. The van der Waals surface area contributed by atoms with Crippen molar-refractivity contribution in [3.05, 3.63) is 16.0 Å². The molecular weight excluding hydrogens is 319 g/mol. The van der Waals surface area contributed by atoms with E-state index in [9.17, 15) is 0 Å². The van der Waals surface area contributed by atoms with Gasteiger partial charge in [-0.15, -0.1) is 0 Å². The maximum atomic E-state index is 6.09. The van der Waals surface area contributed by atoms with E-state index in [4.69, 9.17) is 10.5 Å². The van der Waals surface area contributed by atoms with Crippen molar-refractivity contribution in [2.75, 3.05) is 11.9 Å². The van der Waals surface area contributed by atoms with Gasteiger partial charge >= 0.3 is 0 Å². The minimum absolute atomic E-state index is 0.160. The maximum absolute atomic E-state index is 6.09. The zero-order valence-corrected chi connectivity index (χ0v) is 10.8. The Hall–Kier alpha value is -0.470. The average Bonchev–Trinajstić information content (AvgIpc) is 2.73. The van der Waals surface area contributed by atoms with Gasteiger partial charge in [-0.3, -0.25) is 0 Å². The molecule has 1 aliphatic carbocycles. The van der Waals surface area contributed by atoms with Crippen LogP contribution in [0.4, 0.5) is 5.95 Å². The molecule has 4 unspecified atom stereocenters. The topological polar surface area (TPSA) is 73.1 Å². The molecule has 86 valence electrons. The van der Waals surface area contributed by atoms with E-state index in [1.54, 1.807) is 12.4 Å². The van der Waals surface area contributed by atoms with Gasteiger partial charge in [-0.1, -0.05) is 0 Å². The van der Waals surface area contributed by atoms with Gasteiger partial charge in [-0.2, -0.15) is 0 Å². The van der Waals surface area contributed by atoms with Gasteiger partial charge in [0.25, 0.3) is 0 Å². The van der Waals surface area contributed by atoms with E-state index in [0.29, 0.717) is 11.9 Å². The summed E-state index contributed by atoms with van der Waals surface area (Å²) in [4.78, 5) is 8.42. The number of rotatable bonds is 2. The lowest BCUT2D eigenvalue weighted by atomic mass is 9.72. The molecule has 1 saturated heterocycles. The molecule has 0 bridgehead atoms. The number of anilines is 1. The van der Waals surface area contributed by atoms with Gasteiger partial charge in [0.1, 0.15) is 0 Å². The predicted octanol–water partition coefficient (Wildman–Crippen LogP) is 0.608. The number of hydrogen-bond donors (Lipinski definition) is 2. The van der Waals surface area contributed by atoms with Gasteiger partial charge in [-0.25, -0.2) is 9.97 Å². The second kappa shape index (κ2) is 4.08. The molecule has 0 radical (unpaired) electrons. The Kier molecular flexibility index (Phi) is 2.72. The summed E-state index contributed by atoms with van der Waals surface area (Å²) < 4.78 is 6.66. The van der Waals surface area contributed by atoms with Crippen molar-refractivity contribution in [1.82, 2.24) is 9.97 Å². The molecule has 1 aromatic heterocycles. The molecule has 6 heteroatoms. The quantitative estimate of drug-likeness (QED) is 0.777. The third-order valence-corrected chi connectivity index (χ3v) is 3.92. The largest absolute Gasteiger partial charge is 0.376 e. The molecule has 2 aliphatic rings. The van der Waals surface area contributed by atoms with Gasteiger partial charge in [0.15, 0.2) is 0 Å². The van der Waals surface area contributed by atoms with Crippen LogP contribution in [0.3, 0.4) is 0 Å². The number of hydrogen-bond acceptors (Lipinski definition) is 5. The highest BCUT2D eigenvalue weighted by Gasteiger charge is 2.52. The molecular formula is C10H13IN4O. The van der Waals surface area contributed by atoms with Crippen molar-refractivity contribution >= 4 is 28.5 Å². The number of fused-ring (bicyclic) bond motifs is 1. The first-order valence-corrected chi connectivity index (χ1v) is 6.45. The van der Waals surface area contributed by atoms with E-state index in [0.717, 1.165) is 16.6 Å². The number of halogens is 1. The van der Waals surface area contributed by atoms with E-state index in [1.165, 1.54) is 0 Å². The van der Waals surface area contributed by atoms with Crippen LogP contribution >= 0.6 is 22.6 Å². The Morgan fingerprint density at radius 3 is 2.94 bits per heavy atom. The molecule has 5 nitrogen and oxygen atoms in total. The summed E-state index contributed by atoms with van der Waals surface area (Å²) in [6.45, 7) is 0.828. The van der Waals surface area contributed by atoms with E-state index < -0.39 is 0 Å². The Labute approximate surface area is 107 Å². The number of nitrogens with two attached hydrogens (primary N) is 1. The van der Waals surface area contributed by atoms with Crippen molar-refractivity contribution in [2.45, 2.75) is 24.6 Å². The SMILES string of the molecule is NC1C2CCOC2C1Nc1ncc(I)cn1. The Morgan fingerprint density at radius 1 is 1.44 bits per heavy atom. The predicted molar refractivity (Wildman–Crippen MR) is 68.0 cm³/mol. The minimum Gasteiger partial charge on any atom is -0.376 e. The molecule has 1 aliphatic heterocycles. The lowest BCUT2D eigenvalue weighted by Gasteiger charge is -2.45. The fourth-order valence-corrected chi connectivity index (χ4v) is 2.74. The van der Waals surface area contributed by atoms with E-state index in [-0.39, 0.29) is 18.2 Å². The van der Waals surface area contributed by atoms with Crippen molar-refractivity contribution in [3.63, 3.8) is 0 Å². The van der Waals surface area contributed by atoms with Gasteiger partial charge in [0.2, 0.25) is 5.95 Å². The maximum Gasteiger partial charge on any atom is 0.223 e. The van der Waals surface area contributed by atoms with Crippen molar-refractivity contribution < 1.29 is 4.74 Å². The third kappa shape index (κ3) is 1.68. The highest BCUT2D eigenvalue weighted by Crippen LogP contribution is 2.38. The molecule has 0 amide bonds. The van der Waals surface area contributed by atoms with E-state index in [2.05, 4.69) is 37.9 Å². The molecule has 0 spiro atoms. The lowest BCUT2D eigenvalue weighted by molar-refractivity contribution is 0.00509. The van der Waals surface area contributed by atoms with Crippen LogP contribution in [0.5, 0.6) is 0 Å². The first-order valence-electron chi connectivity index (χ1n) is 5.37. The highest BCUT2D eigenvalue weighted by atomic mass is 127. The van der Waals surface area contributed by atoms with Crippen LogP contribution in [-0.2, 0) is 4.74 Å². The lowest BCUT2D eigenvalue weighted by Crippen LogP contribution is -2.65. The van der Waals surface area contributed by atoms with Gasteiger partial charge in [-0.05, 0) is 29.0 Å². The summed E-state index contributed by atoms with van der Waals surface area (Å²) in [7, 11) is 0. The van der Waals surface area contributed by atoms with Crippen LogP contribution in [0, 0.1) is 9.49 Å². The molecule has 1 aromatic rings. The van der Waals surface area contributed by atoms with Crippen LogP contribution < -0.4 is 11.1 Å². The Balaban J connectivity index is 1.69. The highest BCUT2D eigenvalue weighted by molar-refractivity contribution is 14.1. The fraction of sp³-hybridized carbons (Fsp3) is 0.600. The number of ether oxygens (including phenoxy) is 1. The first-order chi connectivity index (χ1) is 7.75. The molecule has 3 N–H and O–H groups in total. The standard InChI is InChI=1S/C10H13IN4O/c11-5-3-13-10(14-4-5)15-8-7(12)6-1-2-16-9(6)8/h3-4,6-9H,1-2,12H2,(H,13,14,15). The third-order valence-electron chi connectivity index (χ3n) is 3.36. The molecule has 1 saturated carbocycles. The molecule has 2 heterocycles. The van der Waals surface area contributed by atoms with E-state index >= 15 is 0 Å². The van der Waals surface area contributed by atoms with Gasteiger partial charge in [0, 0.05) is 34.5 Å². The van der Waals surface area contributed by atoms with Crippen molar-refractivity contribution in [3.8, 4) is 0 Å². The monoisotopic (exact) mass is 332 g/mol. The molecule has 3 rings (SSSR count). The zero-order valence-electron chi connectivity index (χ0n) is 8.64. The molecule has 2 fully saturated rings. The molecule has 4 atom stereocenters. The smallest absolute Gasteiger partial charge is 0.223 e. The van der Waals surface area contributed by atoms with Crippen LogP contribution in [0.15, 0.2) is 12.4 Å². The second-order valence-electron chi connectivity index (χ2n) is 4.26. The summed E-state index contributed by atoms with van der Waals surface area (Å²) in [5.74, 6) is 1.15.